The van der Waals surface area contributed by atoms with E-state index in [1.165, 1.54) is 14.2 Å². The standard InChI is InChI=1S/C16H19N3O3/c1-5-15-14(10-22-18-15)12-6-8-13(9-7-12)16(19-21-4)11(2)17-20-3/h6-10H,5H2,1-4H3/b17-11+,19-16+. The van der Waals surface area contributed by atoms with E-state index in [9.17, 15) is 0 Å². The van der Waals surface area contributed by atoms with Crippen molar-refractivity contribution >= 4 is 11.4 Å². The molecule has 6 heteroatoms. The molecule has 0 aliphatic rings. The monoisotopic (exact) mass is 301 g/mol. The van der Waals surface area contributed by atoms with Crippen LogP contribution in [0.4, 0.5) is 0 Å². The van der Waals surface area contributed by atoms with Crippen LogP contribution >= 0.6 is 0 Å². The van der Waals surface area contributed by atoms with Crippen LogP contribution in [0, 0.1) is 0 Å². The van der Waals surface area contributed by atoms with Gasteiger partial charge in [-0.3, -0.25) is 0 Å². The highest BCUT2D eigenvalue weighted by Gasteiger charge is 2.12. The molecule has 0 amide bonds. The summed E-state index contributed by atoms with van der Waals surface area (Å²) in [6.07, 6.45) is 2.49. The number of aromatic nitrogens is 1. The van der Waals surface area contributed by atoms with Gasteiger partial charge in [0.25, 0.3) is 0 Å². The molecule has 0 saturated heterocycles. The second-order valence-electron chi connectivity index (χ2n) is 4.59. The van der Waals surface area contributed by atoms with Gasteiger partial charge in [0.2, 0.25) is 0 Å². The van der Waals surface area contributed by atoms with Crippen molar-refractivity contribution < 1.29 is 14.2 Å². The van der Waals surface area contributed by atoms with Gasteiger partial charge in [-0.15, -0.1) is 0 Å². The van der Waals surface area contributed by atoms with Gasteiger partial charge < -0.3 is 14.2 Å². The Labute approximate surface area is 129 Å². The van der Waals surface area contributed by atoms with Gasteiger partial charge in [-0.05, 0) is 18.9 Å². The van der Waals surface area contributed by atoms with Gasteiger partial charge in [-0.25, -0.2) is 0 Å². The Morgan fingerprint density at radius 1 is 1.14 bits per heavy atom. The molecule has 0 atom stereocenters. The molecule has 1 aromatic heterocycles. The molecule has 0 aliphatic carbocycles. The molecular formula is C16H19N3O3. The molecule has 116 valence electrons. The first-order valence-corrected chi connectivity index (χ1v) is 6.94. The van der Waals surface area contributed by atoms with Crippen molar-refractivity contribution in [2.24, 2.45) is 10.3 Å². The lowest BCUT2D eigenvalue weighted by Gasteiger charge is -2.06. The zero-order chi connectivity index (χ0) is 15.9. The van der Waals surface area contributed by atoms with Crippen molar-refractivity contribution in [3.63, 3.8) is 0 Å². The lowest BCUT2D eigenvalue weighted by molar-refractivity contribution is 0.210. The predicted molar refractivity (Wildman–Crippen MR) is 85.0 cm³/mol. The zero-order valence-electron chi connectivity index (χ0n) is 13.2. The molecule has 6 nitrogen and oxygen atoms in total. The largest absolute Gasteiger partial charge is 0.399 e. The maximum absolute atomic E-state index is 5.05. The van der Waals surface area contributed by atoms with Gasteiger partial charge in [-0.1, -0.05) is 46.7 Å². The van der Waals surface area contributed by atoms with Crippen molar-refractivity contribution in [3.05, 3.63) is 41.8 Å². The molecule has 1 heterocycles. The summed E-state index contributed by atoms with van der Waals surface area (Å²) in [7, 11) is 2.99. The molecule has 0 saturated carbocycles. The molecule has 1 aromatic carbocycles. The van der Waals surface area contributed by atoms with E-state index >= 15 is 0 Å². The first kappa shape index (κ1) is 15.8. The van der Waals surface area contributed by atoms with Gasteiger partial charge in [0, 0.05) is 11.1 Å². The quantitative estimate of drug-likeness (QED) is 0.606. The smallest absolute Gasteiger partial charge is 0.134 e. The van der Waals surface area contributed by atoms with Crippen LogP contribution in [0.25, 0.3) is 11.1 Å². The molecule has 0 unspecified atom stereocenters. The van der Waals surface area contributed by atoms with Gasteiger partial charge in [-0.2, -0.15) is 0 Å². The topological polar surface area (TPSA) is 69.2 Å². The molecule has 0 bridgehead atoms. The Morgan fingerprint density at radius 3 is 2.41 bits per heavy atom. The van der Waals surface area contributed by atoms with Crippen molar-refractivity contribution in [1.29, 1.82) is 0 Å². The van der Waals surface area contributed by atoms with Crippen molar-refractivity contribution in [2.75, 3.05) is 14.2 Å². The summed E-state index contributed by atoms with van der Waals surface area (Å²) in [6.45, 7) is 3.86. The molecule has 22 heavy (non-hydrogen) atoms. The SMILES string of the molecule is CCc1nocc1-c1ccc(C(=N/OC)/C(C)=N/OC)cc1. The van der Waals surface area contributed by atoms with Crippen molar-refractivity contribution in [1.82, 2.24) is 5.16 Å². The zero-order valence-corrected chi connectivity index (χ0v) is 13.2. The number of oxime groups is 2. The van der Waals surface area contributed by atoms with Crippen LogP contribution in [-0.4, -0.2) is 30.8 Å². The van der Waals surface area contributed by atoms with Crippen LogP contribution in [0.2, 0.25) is 0 Å². The molecule has 0 spiro atoms. The second kappa shape index (κ2) is 7.40. The summed E-state index contributed by atoms with van der Waals surface area (Å²) < 4.78 is 5.05. The van der Waals surface area contributed by atoms with Gasteiger partial charge in [0.05, 0.1) is 5.69 Å². The molecule has 0 fully saturated rings. The molecule has 0 N–H and O–H groups in total. The van der Waals surface area contributed by atoms with E-state index in [4.69, 9.17) is 14.2 Å². The van der Waals surface area contributed by atoms with Crippen molar-refractivity contribution in [2.45, 2.75) is 20.3 Å². The van der Waals surface area contributed by atoms with E-state index < -0.39 is 0 Å². The number of benzene rings is 1. The van der Waals surface area contributed by atoms with Gasteiger partial charge in [0.15, 0.2) is 0 Å². The van der Waals surface area contributed by atoms with E-state index in [0.717, 1.165) is 28.8 Å². The number of nitrogens with zero attached hydrogens (tertiary/aromatic N) is 3. The average Bonchev–Trinajstić information content (AvgIpc) is 3.01. The highest BCUT2D eigenvalue weighted by molar-refractivity contribution is 6.47. The molecule has 0 aliphatic heterocycles. The van der Waals surface area contributed by atoms with Crippen LogP contribution in [0.1, 0.15) is 25.1 Å². The summed E-state index contributed by atoms with van der Waals surface area (Å²) in [5.74, 6) is 0. The van der Waals surface area contributed by atoms with Crippen LogP contribution in [-0.2, 0) is 16.1 Å². The first-order chi connectivity index (χ1) is 10.7. The maximum atomic E-state index is 5.05. The first-order valence-electron chi connectivity index (χ1n) is 6.94. The third kappa shape index (κ3) is 3.33. The third-order valence-electron chi connectivity index (χ3n) is 3.20. The second-order valence-corrected chi connectivity index (χ2v) is 4.59. The predicted octanol–water partition coefficient (Wildman–Crippen LogP) is 3.28. The average molecular weight is 301 g/mol. The van der Waals surface area contributed by atoms with E-state index in [-0.39, 0.29) is 0 Å². The maximum Gasteiger partial charge on any atom is 0.134 e. The summed E-state index contributed by atoms with van der Waals surface area (Å²) in [5, 5.41) is 11.9. The summed E-state index contributed by atoms with van der Waals surface area (Å²) in [6, 6.07) is 7.89. The minimum absolute atomic E-state index is 0.622. The lowest BCUT2D eigenvalue weighted by Crippen LogP contribution is -2.13. The summed E-state index contributed by atoms with van der Waals surface area (Å²) in [5.41, 5.74) is 5.13. The van der Waals surface area contributed by atoms with E-state index in [0.29, 0.717) is 11.4 Å². The van der Waals surface area contributed by atoms with Crippen molar-refractivity contribution in [3.8, 4) is 11.1 Å². The van der Waals surface area contributed by atoms with Gasteiger partial charge >= 0.3 is 0 Å². The Morgan fingerprint density at radius 2 is 1.82 bits per heavy atom. The molecule has 0 radical (unpaired) electrons. The minimum Gasteiger partial charge on any atom is -0.399 e. The van der Waals surface area contributed by atoms with E-state index in [1.807, 2.05) is 38.1 Å². The third-order valence-corrected chi connectivity index (χ3v) is 3.20. The fourth-order valence-corrected chi connectivity index (χ4v) is 2.16. The molecule has 2 rings (SSSR count). The number of hydrogen-bond acceptors (Lipinski definition) is 6. The highest BCUT2D eigenvalue weighted by Crippen LogP contribution is 2.24. The summed E-state index contributed by atoms with van der Waals surface area (Å²) >= 11 is 0. The normalized spacial score (nSPS) is 12.4. The Kier molecular flexibility index (Phi) is 5.30. The Bertz CT molecular complexity index is 672. The van der Waals surface area contributed by atoms with Crippen LogP contribution in [0.15, 0.2) is 45.4 Å². The summed E-state index contributed by atoms with van der Waals surface area (Å²) in [4.78, 5) is 9.69. The van der Waals surface area contributed by atoms with Crippen LogP contribution in [0.3, 0.4) is 0 Å². The molecule has 2 aromatic rings. The van der Waals surface area contributed by atoms with Crippen LogP contribution < -0.4 is 0 Å². The lowest BCUT2D eigenvalue weighted by atomic mass is 10.0. The number of aryl methyl sites for hydroxylation is 1. The fraction of sp³-hybridized carbons (Fsp3) is 0.312. The van der Waals surface area contributed by atoms with E-state index in [1.54, 1.807) is 6.26 Å². The van der Waals surface area contributed by atoms with E-state index in [2.05, 4.69) is 15.5 Å². The molecular weight excluding hydrogens is 282 g/mol. The number of rotatable bonds is 6. The highest BCUT2D eigenvalue weighted by atomic mass is 16.6. The van der Waals surface area contributed by atoms with Crippen LogP contribution in [0.5, 0.6) is 0 Å². The van der Waals surface area contributed by atoms with Gasteiger partial charge in [0.1, 0.15) is 31.9 Å². The minimum atomic E-state index is 0.622. The Balaban J connectivity index is 2.35. The number of hydrogen-bond donors (Lipinski definition) is 0. The Hall–Kier alpha value is -2.63. The fourth-order valence-electron chi connectivity index (χ4n) is 2.16.